The van der Waals surface area contributed by atoms with E-state index in [2.05, 4.69) is 36.2 Å². The van der Waals surface area contributed by atoms with Crippen molar-refractivity contribution >= 4 is 44.3 Å². The molecule has 1 fully saturated rings. The molecule has 5 rings (SSSR count). The molecule has 0 amide bonds. The third kappa shape index (κ3) is 5.34. The number of benzene rings is 2. The summed E-state index contributed by atoms with van der Waals surface area (Å²) in [6.07, 6.45) is 2.91. The zero-order valence-electron chi connectivity index (χ0n) is 20.3. The number of pyridine rings is 1. The van der Waals surface area contributed by atoms with E-state index in [1.54, 1.807) is 6.07 Å². The average Bonchev–Trinajstić information content (AvgIpc) is 3.16. The molecule has 8 nitrogen and oxygen atoms in total. The second-order valence-electron chi connectivity index (χ2n) is 9.63. The van der Waals surface area contributed by atoms with Crippen LogP contribution in [-0.2, 0) is 6.42 Å². The van der Waals surface area contributed by atoms with Crippen molar-refractivity contribution in [3.63, 3.8) is 0 Å². The number of fused-ring (bicyclic) bond motifs is 1. The molecule has 4 atom stereocenters. The monoisotopic (exact) mass is 561 g/mol. The van der Waals surface area contributed by atoms with Crippen molar-refractivity contribution in [3.05, 3.63) is 87.8 Å². The summed E-state index contributed by atoms with van der Waals surface area (Å²) in [6, 6.07) is 14.9. The Kier molecular flexibility index (Phi) is 7.19. The van der Waals surface area contributed by atoms with Crippen LogP contribution in [-0.4, -0.2) is 49.2 Å². The molecule has 5 N–H and O–H groups in total. The van der Waals surface area contributed by atoms with E-state index >= 15 is 0 Å². The van der Waals surface area contributed by atoms with E-state index in [0.29, 0.717) is 35.6 Å². The van der Waals surface area contributed by atoms with Gasteiger partial charge in [0.05, 0.1) is 27.7 Å². The van der Waals surface area contributed by atoms with Crippen LogP contribution in [0.2, 0.25) is 0 Å². The Labute approximate surface area is 223 Å². The first-order chi connectivity index (χ1) is 17.8. The molecule has 2 aromatic heterocycles. The van der Waals surface area contributed by atoms with Gasteiger partial charge in [0.15, 0.2) is 5.78 Å². The molecule has 37 heavy (non-hydrogen) atoms. The van der Waals surface area contributed by atoms with E-state index < -0.39 is 18.2 Å². The number of hydrogen-bond acceptors (Lipinski definition) is 8. The number of aliphatic hydroxyl groups is 2. The van der Waals surface area contributed by atoms with Crippen LogP contribution in [0.3, 0.4) is 0 Å². The molecule has 2 aromatic carbocycles. The lowest BCUT2D eigenvalue weighted by Gasteiger charge is -2.19. The molecule has 0 unspecified atom stereocenters. The smallest absolute Gasteiger partial charge is 0.198 e. The van der Waals surface area contributed by atoms with Gasteiger partial charge < -0.3 is 21.3 Å². The fourth-order valence-corrected chi connectivity index (χ4v) is 5.33. The zero-order chi connectivity index (χ0) is 26.1. The number of aromatic nitrogens is 3. The topological polar surface area (TPSA) is 134 Å². The van der Waals surface area contributed by atoms with Crippen molar-refractivity contribution in [1.82, 2.24) is 15.0 Å². The number of nitrogens with two attached hydrogens (primary N) is 1. The number of anilines is 2. The number of nitrogens with zero attached hydrogens (tertiary/aromatic N) is 3. The van der Waals surface area contributed by atoms with E-state index in [4.69, 9.17) is 5.73 Å². The van der Waals surface area contributed by atoms with E-state index in [-0.39, 0.29) is 11.7 Å². The molecule has 0 radical (unpaired) electrons. The van der Waals surface area contributed by atoms with Crippen molar-refractivity contribution < 1.29 is 15.0 Å². The Morgan fingerprint density at radius 2 is 2.00 bits per heavy atom. The lowest BCUT2D eigenvalue weighted by Crippen LogP contribution is -2.35. The number of ketones is 1. The minimum absolute atomic E-state index is 0.121. The van der Waals surface area contributed by atoms with E-state index in [0.717, 1.165) is 32.9 Å². The molecular weight excluding hydrogens is 534 g/mol. The highest BCUT2D eigenvalue weighted by Crippen LogP contribution is 2.33. The van der Waals surface area contributed by atoms with Gasteiger partial charge >= 0.3 is 0 Å². The number of aliphatic hydroxyl groups excluding tert-OH is 2. The Morgan fingerprint density at radius 3 is 2.81 bits per heavy atom. The average molecular weight is 562 g/mol. The number of aryl methyl sites for hydroxylation is 2. The van der Waals surface area contributed by atoms with Gasteiger partial charge in [0.2, 0.25) is 0 Å². The van der Waals surface area contributed by atoms with Gasteiger partial charge in [-0.1, -0.05) is 35.9 Å². The fraction of sp³-hybridized carbons (Fsp3) is 0.286. The molecule has 0 spiro atoms. The van der Waals surface area contributed by atoms with Crippen LogP contribution in [0, 0.1) is 12.8 Å². The Bertz CT molecular complexity index is 1460. The summed E-state index contributed by atoms with van der Waals surface area (Å²) in [5, 5.41) is 25.8. The van der Waals surface area contributed by atoms with Gasteiger partial charge in [-0.05, 0) is 71.8 Å². The van der Waals surface area contributed by atoms with Gasteiger partial charge in [-0.2, -0.15) is 0 Å². The molecule has 4 aromatic rings. The third-order valence-electron chi connectivity index (χ3n) is 7.03. The first-order valence-corrected chi connectivity index (χ1v) is 13.0. The highest BCUT2D eigenvalue weighted by atomic mass is 79.9. The quantitative estimate of drug-likeness (QED) is 0.248. The summed E-state index contributed by atoms with van der Waals surface area (Å²) in [6.45, 7) is 1.93. The number of halogens is 1. The van der Waals surface area contributed by atoms with Crippen LogP contribution >= 0.6 is 15.9 Å². The molecule has 9 heteroatoms. The summed E-state index contributed by atoms with van der Waals surface area (Å²) in [4.78, 5) is 25.9. The van der Waals surface area contributed by atoms with E-state index in [1.165, 1.54) is 12.5 Å². The van der Waals surface area contributed by atoms with Gasteiger partial charge in [0.1, 0.15) is 24.1 Å². The first-order valence-electron chi connectivity index (χ1n) is 12.2. The number of hydrogen-bond donors (Lipinski definition) is 4. The van der Waals surface area contributed by atoms with Crippen LogP contribution in [0.4, 0.5) is 11.6 Å². The maximum absolute atomic E-state index is 13.1. The van der Waals surface area contributed by atoms with Gasteiger partial charge in [-0.3, -0.25) is 4.79 Å². The summed E-state index contributed by atoms with van der Waals surface area (Å²) >= 11 is 3.41. The number of carbonyl (C=O) groups excluding carboxylic acids is 1. The van der Waals surface area contributed by atoms with Crippen LogP contribution < -0.4 is 11.1 Å². The largest absolute Gasteiger partial charge is 0.390 e. The van der Waals surface area contributed by atoms with Gasteiger partial charge in [0, 0.05) is 17.1 Å². The fourth-order valence-electron chi connectivity index (χ4n) is 4.99. The molecule has 0 saturated heterocycles. The Balaban J connectivity index is 1.28. The van der Waals surface area contributed by atoms with Crippen LogP contribution in [0.15, 0.2) is 65.5 Å². The number of nitrogens with one attached hydrogen (secondary N) is 1. The van der Waals surface area contributed by atoms with Crippen molar-refractivity contribution in [2.24, 2.45) is 5.92 Å². The number of nitrogen functional groups attached to an aromatic ring is 1. The zero-order valence-corrected chi connectivity index (χ0v) is 21.9. The predicted molar refractivity (Wildman–Crippen MR) is 146 cm³/mol. The van der Waals surface area contributed by atoms with Gasteiger partial charge in [-0.15, -0.1) is 0 Å². The SMILES string of the molecule is Cc1cccc(C(=O)c2cncnc2N[C@@H]2C[C@H](CCc3ccc4cc(Br)c(N)nc4c3)[C@@H](O)[C@H]2O)c1. The second-order valence-corrected chi connectivity index (χ2v) is 10.5. The molecule has 1 aliphatic carbocycles. The maximum atomic E-state index is 13.1. The molecule has 2 heterocycles. The molecular formula is C28H28BrN5O3. The standard InChI is InChI=1S/C28H28BrN5O3/c1-15-3-2-4-18(9-15)24(35)20-13-31-14-32-28(20)34-23-12-19(25(36)26(23)37)8-6-16-5-7-17-11-21(29)27(30)33-22(17)10-16/h2-5,7,9-11,13-14,19,23,25-26,36-37H,6,8,12H2,1H3,(H2,30,33)(H,31,32,34)/t19-,23+,25+,26-/m0/s1. The summed E-state index contributed by atoms with van der Waals surface area (Å²) in [5.41, 5.74) is 9.69. The summed E-state index contributed by atoms with van der Waals surface area (Å²) < 4.78 is 0.766. The molecule has 190 valence electrons. The molecule has 0 bridgehead atoms. The summed E-state index contributed by atoms with van der Waals surface area (Å²) in [7, 11) is 0. The van der Waals surface area contributed by atoms with Crippen molar-refractivity contribution in [3.8, 4) is 0 Å². The number of carbonyl (C=O) groups is 1. The Hall–Kier alpha value is -3.40. The normalized spacial score (nSPS) is 21.3. The molecule has 1 saturated carbocycles. The van der Waals surface area contributed by atoms with Crippen LogP contribution in [0.1, 0.15) is 39.9 Å². The minimum Gasteiger partial charge on any atom is -0.390 e. The van der Waals surface area contributed by atoms with Crippen molar-refractivity contribution in [1.29, 1.82) is 0 Å². The maximum Gasteiger partial charge on any atom is 0.198 e. The molecule has 0 aliphatic heterocycles. The van der Waals surface area contributed by atoms with E-state index in [9.17, 15) is 15.0 Å². The highest BCUT2D eigenvalue weighted by Gasteiger charge is 2.41. The van der Waals surface area contributed by atoms with Crippen LogP contribution in [0.25, 0.3) is 10.9 Å². The van der Waals surface area contributed by atoms with Crippen molar-refractivity contribution in [2.45, 2.75) is 44.4 Å². The van der Waals surface area contributed by atoms with Gasteiger partial charge in [-0.25, -0.2) is 15.0 Å². The number of rotatable bonds is 7. The van der Waals surface area contributed by atoms with E-state index in [1.807, 2.05) is 49.4 Å². The highest BCUT2D eigenvalue weighted by molar-refractivity contribution is 9.10. The lowest BCUT2D eigenvalue weighted by molar-refractivity contribution is 0.0158. The second kappa shape index (κ2) is 10.5. The Morgan fingerprint density at radius 1 is 1.16 bits per heavy atom. The summed E-state index contributed by atoms with van der Waals surface area (Å²) in [5.74, 6) is 0.471. The third-order valence-corrected chi connectivity index (χ3v) is 7.66. The predicted octanol–water partition coefficient (Wildman–Crippen LogP) is 4.06. The minimum atomic E-state index is -0.989. The lowest BCUT2D eigenvalue weighted by atomic mass is 9.95. The van der Waals surface area contributed by atoms with Crippen molar-refractivity contribution in [2.75, 3.05) is 11.1 Å². The molecule has 1 aliphatic rings. The van der Waals surface area contributed by atoms with Gasteiger partial charge in [0.25, 0.3) is 0 Å². The first kappa shape index (κ1) is 25.3. The van der Waals surface area contributed by atoms with Crippen LogP contribution in [0.5, 0.6) is 0 Å².